The van der Waals surface area contributed by atoms with Crippen molar-refractivity contribution in [2.24, 2.45) is 0 Å². The van der Waals surface area contributed by atoms with E-state index in [0.717, 1.165) is 25.7 Å². The van der Waals surface area contributed by atoms with Gasteiger partial charge in [-0.2, -0.15) is 0 Å². The van der Waals surface area contributed by atoms with Crippen molar-refractivity contribution >= 4 is 10.1 Å². The van der Waals surface area contributed by atoms with E-state index in [1.165, 1.54) is 89.9 Å². The fourth-order valence-corrected chi connectivity index (χ4v) is 4.10. The average molecular weight is 429 g/mol. The molecular formula is C22H45NaO4S. The van der Waals surface area contributed by atoms with E-state index in [1.54, 1.807) is 0 Å². The molecule has 0 aliphatic heterocycles. The minimum atomic E-state index is -4.01. The molecule has 0 aliphatic carbocycles. The maximum Gasteiger partial charge on any atom is 1.00 e. The number of unbranched alkanes of at least 4 members (excludes halogenated alkanes) is 17. The molecule has 28 heavy (non-hydrogen) atoms. The summed E-state index contributed by atoms with van der Waals surface area (Å²) in [7, 11) is -4.01. The van der Waals surface area contributed by atoms with E-state index in [9.17, 15) is 18.1 Å². The van der Waals surface area contributed by atoms with Gasteiger partial charge in [0.15, 0.2) is 0 Å². The molecule has 0 saturated carbocycles. The Labute approximate surface area is 197 Å². The number of hydrogen-bond acceptors (Lipinski definition) is 4. The van der Waals surface area contributed by atoms with Crippen molar-refractivity contribution in [1.82, 2.24) is 0 Å². The molecule has 0 heterocycles. The summed E-state index contributed by atoms with van der Waals surface area (Å²) in [6, 6.07) is 0. The van der Waals surface area contributed by atoms with Crippen LogP contribution >= 0.6 is 0 Å². The van der Waals surface area contributed by atoms with Crippen LogP contribution in [0, 0.1) is 0 Å². The van der Waals surface area contributed by atoms with Crippen LogP contribution in [0.25, 0.3) is 0 Å². The van der Waals surface area contributed by atoms with Gasteiger partial charge in [-0.05, 0) is 19.8 Å². The Morgan fingerprint density at radius 1 is 0.607 bits per heavy atom. The smallest absolute Gasteiger partial charge is 0.748 e. The standard InChI is InChI=1S/C22H46O4S.Na/c1-22(23)20-18-16-14-12-10-8-6-4-2-3-5-7-9-11-13-15-17-19-21-27(24,25)26;/h22-23H,2-21H2,1H3,(H,24,25,26);/q;+1/p-1. The van der Waals surface area contributed by atoms with Gasteiger partial charge in [-0.15, -0.1) is 0 Å². The molecule has 1 unspecified atom stereocenters. The van der Waals surface area contributed by atoms with Crippen LogP contribution in [0.15, 0.2) is 0 Å². The quantitative estimate of drug-likeness (QED) is 0.173. The van der Waals surface area contributed by atoms with Gasteiger partial charge in [-0.3, -0.25) is 0 Å². The third kappa shape index (κ3) is 29.1. The Balaban J connectivity index is 0. The van der Waals surface area contributed by atoms with E-state index in [0.29, 0.717) is 6.42 Å². The van der Waals surface area contributed by atoms with Gasteiger partial charge in [0.25, 0.3) is 0 Å². The van der Waals surface area contributed by atoms with Crippen LogP contribution in [0.3, 0.4) is 0 Å². The summed E-state index contributed by atoms with van der Waals surface area (Å²) < 4.78 is 31.4. The molecule has 0 radical (unpaired) electrons. The molecule has 164 valence electrons. The SMILES string of the molecule is CC(O)CCCCCCCCCCCCCCCCCCCCS(=O)(=O)[O-].[Na+]. The van der Waals surface area contributed by atoms with Crippen molar-refractivity contribution in [3.63, 3.8) is 0 Å². The summed E-state index contributed by atoms with van der Waals surface area (Å²) in [5.74, 6) is -0.197. The van der Waals surface area contributed by atoms with Crippen LogP contribution in [0.4, 0.5) is 0 Å². The zero-order valence-corrected chi connectivity index (χ0v) is 21.6. The molecular weight excluding hydrogens is 383 g/mol. The van der Waals surface area contributed by atoms with Crippen LogP contribution in [-0.2, 0) is 10.1 Å². The second-order valence-electron chi connectivity index (χ2n) is 8.26. The summed E-state index contributed by atoms with van der Waals surface area (Å²) in [4.78, 5) is 0. The Bertz CT molecular complexity index is 399. The Hall–Kier alpha value is 0.870. The number of hydrogen-bond donors (Lipinski definition) is 1. The first-order chi connectivity index (χ1) is 12.9. The molecule has 0 fully saturated rings. The van der Waals surface area contributed by atoms with Crippen molar-refractivity contribution in [2.45, 2.75) is 135 Å². The van der Waals surface area contributed by atoms with E-state index in [2.05, 4.69) is 0 Å². The number of aliphatic hydroxyl groups is 1. The predicted molar refractivity (Wildman–Crippen MR) is 114 cm³/mol. The summed E-state index contributed by atoms with van der Waals surface area (Å²) in [6.45, 7) is 1.87. The monoisotopic (exact) mass is 428 g/mol. The van der Waals surface area contributed by atoms with E-state index in [4.69, 9.17) is 0 Å². The first-order valence-electron chi connectivity index (χ1n) is 11.5. The zero-order chi connectivity index (χ0) is 20.2. The molecule has 0 rings (SSSR count). The fourth-order valence-electron chi connectivity index (χ4n) is 3.55. The van der Waals surface area contributed by atoms with Crippen molar-refractivity contribution < 1.29 is 47.6 Å². The number of rotatable bonds is 21. The summed E-state index contributed by atoms with van der Waals surface area (Å²) in [6.07, 6.45) is 23.0. The second kappa shape index (κ2) is 22.6. The van der Waals surface area contributed by atoms with Crippen LogP contribution in [0.1, 0.15) is 129 Å². The van der Waals surface area contributed by atoms with Crippen LogP contribution in [0.5, 0.6) is 0 Å². The summed E-state index contributed by atoms with van der Waals surface area (Å²) >= 11 is 0. The molecule has 0 aliphatic rings. The van der Waals surface area contributed by atoms with Gasteiger partial charge in [-0.25, -0.2) is 8.42 Å². The molecule has 6 heteroatoms. The minimum absolute atomic E-state index is 0. The van der Waals surface area contributed by atoms with Gasteiger partial charge in [0.2, 0.25) is 0 Å². The maximum atomic E-state index is 10.5. The molecule has 0 spiro atoms. The van der Waals surface area contributed by atoms with Crippen LogP contribution < -0.4 is 29.6 Å². The predicted octanol–water partition coefficient (Wildman–Crippen LogP) is 3.33. The van der Waals surface area contributed by atoms with Crippen molar-refractivity contribution in [1.29, 1.82) is 0 Å². The van der Waals surface area contributed by atoms with E-state index < -0.39 is 10.1 Å². The summed E-state index contributed by atoms with van der Waals surface area (Å²) in [5, 5.41) is 9.19. The van der Waals surface area contributed by atoms with Gasteiger partial charge < -0.3 is 9.66 Å². The maximum absolute atomic E-state index is 10.5. The summed E-state index contributed by atoms with van der Waals surface area (Å²) in [5.41, 5.74) is 0. The molecule has 0 aromatic carbocycles. The van der Waals surface area contributed by atoms with Crippen molar-refractivity contribution in [3.8, 4) is 0 Å². The Morgan fingerprint density at radius 2 is 0.857 bits per heavy atom. The largest absolute Gasteiger partial charge is 1.00 e. The molecule has 1 N–H and O–H groups in total. The molecule has 4 nitrogen and oxygen atoms in total. The molecule has 0 aromatic rings. The van der Waals surface area contributed by atoms with E-state index >= 15 is 0 Å². The molecule has 0 aromatic heterocycles. The number of aliphatic hydroxyl groups excluding tert-OH is 1. The van der Waals surface area contributed by atoms with Gasteiger partial charge in [-0.1, -0.05) is 109 Å². The molecule has 0 bridgehead atoms. The first kappa shape index (κ1) is 31.1. The van der Waals surface area contributed by atoms with Crippen molar-refractivity contribution in [3.05, 3.63) is 0 Å². The van der Waals surface area contributed by atoms with E-state index in [-0.39, 0.29) is 41.4 Å². The third-order valence-electron chi connectivity index (χ3n) is 5.27. The van der Waals surface area contributed by atoms with Gasteiger partial charge in [0, 0.05) is 5.75 Å². The van der Waals surface area contributed by atoms with Crippen LogP contribution in [0.2, 0.25) is 0 Å². The Morgan fingerprint density at radius 3 is 1.11 bits per heavy atom. The van der Waals surface area contributed by atoms with Crippen molar-refractivity contribution in [2.75, 3.05) is 5.75 Å². The average Bonchev–Trinajstić information content (AvgIpc) is 2.58. The van der Waals surface area contributed by atoms with Gasteiger partial charge in [0.05, 0.1) is 16.2 Å². The van der Waals surface area contributed by atoms with Gasteiger partial charge in [0.1, 0.15) is 0 Å². The molecule has 1 atom stereocenters. The minimum Gasteiger partial charge on any atom is -0.748 e. The third-order valence-corrected chi connectivity index (χ3v) is 6.05. The van der Waals surface area contributed by atoms with Crippen LogP contribution in [-0.4, -0.2) is 29.9 Å². The zero-order valence-electron chi connectivity index (χ0n) is 18.8. The van der Waals surface area contributed by atoms with Gasteiger partial charge >= 0.3 is 29.6 Å². The topological polar surface area (TPSA) is 77.4 Å². The fraction of sp³-hybridized carbons (Fsp3) is 1.00. The van der Waals surface area contributed by atoms with E-state index in [1.807, 2.05) is 6.92 Å². The normalized spacial score (nSPS) is 12.7. The molecule has 0 amide bonds. The second-order valence-corrected chi connectivity index (χ2v) is 9.79. The Kier molecular flexibility index (Phi) is 25.0. The first-order valence-corrected chi connectivity index (χ1v) is 13.1. The molecule has 0 saturated heterocycles.